The molecule has 2 aromatic heterocycles. The van der Waals surface area contributed by atoms with Gasteiger partial charge < -0.3 is 5.73 Å². The molecule has 3 aromatic carbocycles. The second-order valence-electron chi connectivity index (χ2n) is 9.83. The van der Waals surface area contributed by atoms with Crippen molar-refractivity contribution in [1.29, 1.82) is 0 Å². The summed E-state index contributed by atoms with van der Waals surface area (Å²) in [5.41, 5.74) is 12.3. The van der Waals surface area contributed by atoms with E-state index in [0.29, 0.717) is 11.4 Å². The first-order valence-corrected chi connectivity index (χ1v) is 17.2. The third-order valence-corrected chi connectivity index (χ3v) is 8.24. The molecule has 0 saturated carbocycles. The SMILES string of the molecule is CC(=Nc1ccc(I)cc1)c1cccc(C(C)=Nc2ccc(I)cc2)n1.CC(=O)c1cccc(C(C)=O)n1.Nc1ccc(I)cc1. The Bertz CT molecular complexity index is 1710. The van der Waals surface area contributed by atoms with Crippen LogP contribution in [0.2, 0.25) is 0 Å². The molecule has 10 heteroatoms. The Kier molecular flexibility index (Phi) is 15.1. The van der Waals surface area contributed by atoms with E-state index in [1.165, 1.54) is 24.6 Å². The first-order chi connectivity index (χ1) is 21.9. The number of halogens is 3. The molecule has 5 aromatic rings. The number of nitrogen functional groups attached to an aromatic ring is 1. The summed E-state index contributed by atoms with van der Waals surface area (Å²) in [5.74, 6) is -0.254. The maximum atomic E-state index is 10.8. The molecule has 0 amide bonds. The summed E-state index contributed by atoms with van der Waals surface area (Å²) < 4.78 is 3.61. The molecule has 0 aliphatic heterocycles. The average molecular weight is 947 g/mol. The monoisotopic (exact) mass is 947 g/mol. The second kappa shape index (κ2) is 18.7. The first-order valence-electron chi connectivity index (χ1n) is 14.0. The summed E-state index contributed by atoms with van der Waals surface area (Å²) in [6, 6.07) is 34.8. The third-order valence-electron chi connectivity index (χ3n) is 6.08. The molecule has 0 radical (unpaired) electrons. The van der Waals surface area contributed by atoms with E-state index in [0.717, 1.165) is 39.9 Å². The molecule has 0 spiro atoms. The fourth-order valence-electron chi connectivity index (χ4n) is 3.66. The van der Waals surface area contributed by atoms with E-state index in [-0.39, 0.29) is 11.6 Å². The molecular weight excluding hydrogens is 915 g/mol. The molecule has 234 valence electrons. The number of aliphatic imine (C=N–C) groups is 2. The number of aromatic nitrogens is 2. The lowest BCUT2D eigenvalue weighted by Crippen LogP contribution is -2.04. The van der Waals surface area contributed by atoms with Gasteiger partial charge in [0, 0.05) is 30.2 Å². The molecule has 5 rings (SSSR count). The van der Waals surface area contributed by atoms with Crippen LogP contribution < -0.4 is 5.73 Å². The number of nitrogens with two attached hydrogens (primary N) is 1. The number of benzene rings is 3. The van der Waals surface area contributed by atoms with Gasteiger partial charge in [0.2, 0.25) is 0 Å². The highest BCUT2D eigenvalue weighted by Gasteiger charge is 2.06. The number of hydrogen-bond acceptors (Lipinski definition) is 7. The number of carbonyl (C=O) groups excluding carboxylic acids is 2. The van der Waals surface area contributed by atoms with E-state index in [1.54, 1.807) is 18.2 Å². The fraction of sp³-hybridized carbons (Fsp3) is 0.111. The summed E-state index contributed by atoms with van der Waals surface area (Å²) in [7, 11) is 0. The number of carbonyl (C=O) groups is 2. The zero-order chi connectivity index (χ0) is 33.6. The molecule has 0 aliphatic carbocycles. The minimum atomic E-state index is -0.127. The summed E-state index contributed by atoms with van der Waals surface area (Å²) in [6.07, 6.45) is 0. The Labute approximate surface area is 310 Å². The van der Waals surface area contributed by atoms with Gasteiger partial charge in [-0.25, -0.2) is 9.97 Å². The van der Waals surface area contributed by atoms with E-state index >= 15 is 0 Å². The molecule has 0 bridgehead atoms. The van der Waals surface area contributed by atoms with Crippen molar-refractivity contribution in [2.75, 3.05) is 5.73 Å². The summed E-state index contributed by atoms with van der Waals surface area (Å²) >= 11 is 6.82. The molecule has 0 saturated heterocycles. The number of ketones is 2. The lowest BCUT2D eigenvalue weighted by Gasteiger charge is -2.05. The Morgan fingerprint density at radius 3 is 1.13 bits per heavy atom. The highest BCUT2D eigenvalue weighted by molar-refractivity contribution is 14.1. The molecule has 46 heavy (non-hydrogen) atoms. The van der Waals surface area contributed by atoms with Crippen molar-refractivity contribution >= 4 is 108 Å². The van der Waals surface area contributed by atoms with Crippen LogP contribution in [-0.4, -0.2) is 33.0 Å². The lowest BCUT2D eigenvalue weighted by atomic mass is 10.2. The third kappa shape index (κ3) is 12.8. The molecule has 7 nitrogen and oxygen atoms in total. The van der Waals surface area contributed by atoms with E-state index in [4.69, 9.17) is 10.7 Å². The van der Waals surface area contributed by atoms with Gasteiger partial charge in [0.25, 0.3) is 0 Å². The normalized spacial score (nSPS) is 11.0. The highest BCUT2D eigenvalue weighted by Crippen LogP contribution is 2.18. The van der Waals surface area contributed by atoms with Crippen LogP contribution in [0.3, 0.4) is 0 Å². The van der Waals surface area contributed by atoms with Crippen LogP contribution >= 0.6 is 67.8 Å². The largest absolute Gasteiger partial charge is 0.399 e. The maximum Gasteiger partial charge on any atom is 0.178 e. The van der Waals surface area contributed by atoms with Gasteiger partial charge >= 0.3 is 0 Å². The second-order valence-corrected chi connectivity index (χ2v) is 13.6. The zero-order valence-corrected chi connectivity index (χ0v) is 32.2. The maximum absolute atomic E-state index is 10.8. The number of pyridine rings is 2. The number of hydrogen-bond donors (Lipinski definition) is 1. The van der Waals surface area contributed by atoms with Crippen molar-refractivity contribution in [3.05, 3.63) is 143 Å². The van der Waals surface area contributed by atoms with Crippen molar-refractivity contribution in [1.82, 2.24) is 9.97 Å². The van der Waals surface area contributed by atoms with E-state index in [1.807, 2.05) is 105 Å². The zero-order valence-electron chi connectivity index (χ0n) is 25.7. The molecule has 2 N–H and O–H groups in total. The number of rotatable bonds is 6. The average Bonchev–Trinajstić information content (AvgIpc) is 3.05. The molecule has 0 aliphatic rings. The minimum Gasteiger partial charge on any atom is -0.399 e. The standard InChI is InChI=1S/C21H17I2N3.C9H9NO2.C6H6IN/c1-14(24-18-10-6-16(22)7-11-18)20-4-3-5-21(26-20)15(2)25-19-12-8-17(23)9-13-19;1-6(11)8-4-3-5-9(10-8)7(2)12;7-5-1-3-6(8)4-2-5/h3-13H,1-2H3;3-5H,1-2H3;1-4H,8H2. The molecular formula is C36H32I3N5O2. The van der Waals surface area contributed by atoms with Gasteiger partial charge in [-0.2, -0.15) is 0 Å². The topological polar surface area (TPSA) is 111 Å². The Balaban J connectivity index is 0.000000236. The van der Waals surface area contributed by atoms with Gasteiger partial charge in [-0.15, -0.1) is 0 Å². The van der Waals surface area contributed by atoms with Crippen LogP contribution in [0.5, 0.6) is 0 Å². The van der Waals surface area contributed by atoms with E-state index in [9.17, 15) is 9.59 Å². The van der Waals surface area contributed by atoms with Crippen molar-refractivity contribution < 1.29 is 9.59 Å². The van der Waals surface area contributed by atoms with Gasteiger partial charge in [0.05, 0.1) is 34.2 Å². The van der Waals surface area contributed by atoms with Gasteiger partial charge in [0.15, 0.2) is 11.6 Å². The molecule has 0 fully saturated rings. The van der Waals surface area contributed by atoms with Crippen LogP contribution in [0.25, 0.3) is 0 Å². The van der Waals surface area contributed by atoms with Crippen molar-refractivity contribution in [3.63, 3.8) is 0 Å². The predicted molar refractivity (Wildman–Crippen MR) is 214 cm³/mol. The fourth-order valence-corrected chi connectivity index (χ4v) is 4.74. The van der Waals surface area contributed by atoms with Gasteiger partial charge in [-0.1, -0.05) is 12.1 Å². The van der Waals surface area contributed by atoms with Crippen molar-refractivity contribution in [2.45, 2.75) is 27.7 Å². The molecule has 0 unspecified atom stereocenters. The van der Waals surface area contributed by atoms with Crippen molar-refractivity contribution in [3.8, 4) is 0 Å². The first kappa shape index (κ1) is 37.1. The van der Waals surface area contributed by atoms with Gasteiger partial charge in [-0.05, 0) is 179 Å². The Morgan fingerprint density at radius 2 is 0.804 bits per heavy atom. The molecule has 2 heterocycles. The van der Waals surface area contributed by atoms with Crippen molar-refractivity contribution in [2.24, 2.45) is 9.98 Å². The van der Waals surface area contributed by atoms with Gasteiger partial charge in [0.1, 0.15) is 11.4 Å². The van der Waals surface area contributed by atoms with E-state index < -0.39 is 0 Å². The number of Topliss-reactive ketones (excluding diaryl/α,β-unsaturated/α-hetero) is 2. The molecule has 0 atom stereocenters. The highest BCUT2D eigenvalue weighted by atomic mass is 127. The summed E-state index contributed by atoms with van der Waals surface area (Å²) in [6.45, 7) is 6.81. The van der Waals surface area contributed by atoms with Crippen LogP contribution in [0, 0.1) is 10.7 Å². The van der Waals surface area contributed by atoms with Crippen LogP contribution in [-0.2, 0) is 0 Å². The van der Waals surface area contributed by atoms with Crippen LogP contribution in [0.4, 0.5) is 17.1 Å². The summed E-state index contributed by atoms with van der Waals surface area (Å²) in [4.78, 5) is 39.7. The lowest BCUT2D eigenvalue weighted by molar-refractivity contribution is 0.101. The Morgan fingerprint density at radius 1 is 0.500 bits per heavy atom. The smallest absolute Gasteiger partial charge is 0.178 e. The number of nitrogens with zero attached hydrogens (tertiary/aromatic N) is 4. The summed E-state index contributed by atoms with van der Waals surface area (Å²) in [5, 5.41) is 0. The van der Waals surface area contributed by atoms with Crippen LogP contribution in [0.1, 0.15) is 60.1 Å². The number of anilines is 1. The van der Waals surface area contributed by atoms with Gasteiger partial charge in [-0.3, -0.25) is 19.6 Å². The minimum absolute atomic E-state index is 0.127. The quantitative estimate of drug-likeness (QED) is 0.0789. The Hall–Kier alpha value is -3.37. The predicted octanol–water partition coefficient (Wildman–Crippen LogP) is 9.93. The van der Waals surface area contributed by atoms with E-state index in [2.05, 4.69) is 82.7 Å². The van der Waals surface area contributed by atoms with Crippen LogP contribution in [0.15, 0.2) is 119 Å².